The average Bonchev–Trinajstić information content (AvgIpc) is 2.87. The Morgan fingerprint density at radius 2 is 1.62 bits per heavy atom. The Morgan fingerprint density at radius 3 is 2.18 bits per heavy atom. The molecule has 1 aliphatic heterocycles. The van der Waals surface area contributed by atoms with Gasteiger partial charge in [-0.2, -0.15) is 0 Å². The quantitative estimate of drug-likeness (QED) is 0.500. The molecule has 6 heteroatoms. The number of hydrogen-bond acceptors (Lipinski definition) is 4. The maximum Gasteiger partial charge on any atom is 0.246 e. The van der Waals surface area contributed by atoms with Crippen LogP contribution in [0.2, 0.25) is 0 Å². The lowest BCUT2D eigenvalue weighted by molar-refractivity contribution is -0.128. The average molecular weight is 463 g/mol. The van der Waals surface area contributed by atoms with Crippen molar-refractivity contribution in [1.82, 2.24) is 10.2 Å². The highest BCUT2D eigenvalue weighted by molar-refractivity contribution is 5.77. The fourth-order valence-corrected chi connectivity index (χ4v) is 4.37. The van der Waals surface area contributed by atoms with Gasteiger partial charge >= 0.3 is 0 Å². The molecule has 5 nitrogen and oxygen atoms in total. The molecule has 0 atom stereocenters. The van der Waals surface area contributed by atoms with Crippen molar-refractivity contribution >= 4 is 5.91 Å². The number of benzene rings is 3. The van der Waals surface area contributed by atoms with Gasteiger partial charge in [0.25, 0.3) is 0 Å². The Morgan fingerprint density at radius 1 is 1.00 bits per heavy atom. The van der Waals surface area contributed by atoms with Crippen LogP contribution in [0.25, 0.3) is 0 Å². The van der Waals surface area contributed by atoms with Crippen LogP contribution in [-0.2, 0) is 16.1 Å². The number of likely N-dealkylation sites (tertiary alicyclic amines) is 1. The van der Waals surface area contributed by atoms with Gasteiger partial charge in [0.05, 0.1) is 7.11 Å². The number of nitrogens with zero attached hydrogens (tertiary/aromatic N) is 1. The molecular formula is C28H31FN2O3. The first-order valence-corrected chi connectivity index (χ1v) is 11.7. The summed E-state index contributed by atoms with van der Waals surface area (Å²) in [6.07, 6.45) is 1.41. The van der Waals surface area contributed by atoms with Gasteiger partial charge in [-0.25, -0.2) is 4.39 Å². The van der Waals surface area contributed by atoms with Gasteiger partial charge in [0, 0.05) is 25.7 Å². The zero-order valence-corrected chi connectivity index (χ0v) is 19.5. The third kappa shape index (κ3) is 6.43. The summed E-state index contributed by atoms with van der Waals surface area (Å²) in [5.74, 6) is -0.187. The fourth-order valence-electron chi connectivity index (χ4n) is 4.37. The molecule has 0 unspecified atom stereocenters. The van der Waals surface area contributed by atoms with Crippen molar-refractivity contribution in [3.8, 4) is 5.75 Å². The second-order valence-electron chi connectivity index (χ2n) is 8.60. The third-order valence-corrected chi connectivity index (χ3v) is 6.16. The first-order valence-electron chi connectivity index (χ1n) is 11.7. The molecule has 1 heterocycles. The van der Waals surface area contributed by atoms with Crippen molar-refractivity contribution in [3.05, 3.63) is 101 Å². The number of nitrogens with one attached hydrogen (secondary N) is 1. The summed E-state index contributed by atoms with van der Waals surface area (Å²) < 4.78 is 25.0. The van der Waals surface area contributed by atoms with E-state index in [0.29, 0.717) is 6.54 Å². The van der Waals surface area contributed by atoms with E-state index in [2.05, 4.69) is 10.2 Å². The van der Waals surface area contributed by atoms with Crippen LogP contribution in [0, 0.1) is 5.82 Å². The maximum atomic E-state index is 14.0. The molecule has 0 aromatic heterocycles. The highest BCUT2D eigenvalue weighted by Gasteiger charge is 2.22. The van der Waals surface area contributed by atoms with E-state index < -0.39 is 0 Å². The highest BCUT2D eigenvalue weighted by Crippen LogP contribution is 2.26. The second kappa shape index (κ2) is 11.8. The number of ether oxygens (including phenoxy) is 2. The van der Waals surface area contributed by atoms with Crippen molar-refractivity contribution in [2.75, 3.05) is 26.8 Å². The number of carbonyl (C=O) groups excluding carboxylic acids is 1. The van der Waals surface area contributed by atoms with Crippen LogP contribution in [0.4, 0.5) is 4.39 Å². The minimum atomic E-state index is -0.341. The molecule has 0 radical (unpaired) electrons. The summed E-state index contributed by atoms with van der Waals surface area (Å²) in [5, 5.41) is 3.12. The van der Waals surface area contributed by atoms with Crippen molar-refractivity contribution in [2.45, 2.75) is 31.5 Å². The second-order valence-corrected chi connectivity index (χ2v) is 8.60. The summed E-state index contributed by atoms with van der Waals surface area (Å²) in [5.41, 5.74) is 2.96. The molecule has 34 heavy (non-hydrogen) atoms. The van der Waals surface area contributed by atoms with E-state index in [1.165, 1.54) is 13.2 Å². The van der Waals surface area contributed by atoms with Crippen molar-refractivity contribution in [1.29, 1.82) is 0 Å². The number of rotatable bonds is 9. The molecule has 3 aromatic carbocycles. The molecule has 4 rings (SSSR count). The van der Waals surface area contributed by atoms with Gasteiger partial charge in [0.2, 0.25) is 5.91 Å². The zero-order valence-electron chi connectivity index (χ0n) is 19.5. The molecular weight excluding hydrogens is 431 g/mol. The number of piperidine rings is 1. The van der Waals surface area contributed by atoms with Gasteiger partial charge < -0.3 is 14.8 Å². The largest absolute Gasteiger partial charge is 0.494 e. The van der Waals surface area contributed by atoms with Crippen LogP contribution in [-0.4, -0.2) is 43.7 Å². The van der Waals surface area contributed by atoms with Gasteiger partial charge in [-0.05, 0) is 41.7 Å². The lowest BCUT2D eigenvalue weighted by Gasteiger charge is -2.32. The molecule has 1 saturated heterocycles. The maximum absolute atomic E-state index is 14.0. The van der Waals surface area contributed by atoms with Crippen molar-refractivity contribution in [3.63, 3.8) is 0 Å². The van der Waals surface area contributed by atoms with Gasteiger partial charge in [0.15, 0.2) is 11.6 Å². The molecule has 0 bridgehead atoms. The molecule has 3 aromatic rings. The topological polar surface area (TPSA) is 50.8 Å². The summed E-state index contributed by atoms with van der Waals surface area (Å²) in [7, 11) is 1.46. The van der Waals surface area contributed by atoms with Crippen LogP contribution in [0.5, 0.6) is 5.75 Å². The van der Waals surface area contributed by atoms with Crippen molar-refractivity contribution in [2.24, 2.45) is 0 Å². The summed E-state index contributed by atoms with van der Waals surface area (Å²) >= 11 is 0. The summed E-state index contributed by atoms with van der Waals surface area (Å²) in [6.45, 7) is 2.37. The van der Waals surface area contributed by atoms with E-state index in [4.69, 9.17) is 9.47 Å². The van der Waals surface area contributed by atoms with Gasteiger partial charge in [-0.1, -0.05) is 66.7 Å². The summed E-state index contributed by atoms with van der Waals surface area (Å²) in [4.78, 5) is 14.9. The van der Waals surface area contributed by atoms with E-state index in [9.17, 15) is 9.18 Å². The van der Waals surface area contributed by atoms with Gasteiger partial charge in [-0.15, -0.1) is 0 Å². The molecule has 1 aliphatic rings. The van der Waals surface area contributed by atoms with E-state index in [1.807, 2.05) is 66.7 Å². The first kappa shape index (κ1) is 23.9. The Hall–Kier alpha value is -3.22. The fraction of sp³-hybridized carbons (Fsp3) is 0.321. The number of halogens is 1. The van der Waals surface area contributed by atoms with Crippen molar-refractivity contribution < 1.29 is 18.7 Å². The third-order valence-electron chi connectivity index (χ3n) is 6.16. The van der Waals surface area contributed by atoms with Crippen LogP contribution in [0.1, 0.15) is 35.6 Å². The normalized spacial score (nSPS) is 14.8. The smallest absolute Gasteiger partial charge is 0.246 e. The Bertz CT molecular complexity index is 1010. The minimum absolute atomic E-state index is 0.000204. The predicted molar refractivity (Wildman–Crippen MR) is 130 cm³/mol. The lowest BCUT2D eigenvalue weighted by atomic mass is 10.0. The van der Waals surface area contributed by atoms with Gasteiger partial charge in [-0.3, -0.25) is 9.69 Å². The standard InChI is InChI=1S/C28H31FN2O3/c1-33-26-13-12-21(18-25(26)29)19-31-16-14-24(15-17-31)30-27(32)20-34-28(22-8-4-2-5-9-22)23-10-6-3-7-11-23/h2-13,18,24,28H,14-17,19-20H2,1H3,(H,30,32). The number of hydrogen-bond donors (Lipinski definition) is 1. The Kier molecular flexibility index (Phi) is 8.28. The van der Waals surface area contributed by atoms with Crippen LogP contribution < -0.4 is 10.1 Å². The number of carbonyl (C=O) groups is 1. The molecule has 178 valence electrons. The number of amides is 1. The highest BCUT2D eigenvalue weighted by atomic mass is 19.1. The van der Waals surface area contributed by atoms with Gasteiger partial charge in [0.1, 0.15) is 12.7 Å². The van der Waals surface area contributed by atoms with E-state index in [1.54, 1.807) is 6.07 Å². The minimum Gasteiger partial charge on any atom is -0.494 e. The molecule has 0 spiro atoms. The van der Waals surface area contributed by atoms with Crippen LogP contribution >= 0.6 is 0 Å². The van der Waals surface area contributed by atoms with Crippen LogP contribution in [0.15, 0.2) is 78.9 Å². The monoisotopic (exact) mass is 462 g/mol. The van der Waals surface area contributed by atoms with E-state index in [0.717, 1.165) is 42.6 Å². The molecule has 1 amide bonds. The van der Waals surface area contributed by atoms with Crippen LogP contribution in [0.3, 0.4) is 0 Å². The molecule has 1 fully saturated rings. The zero-order chi connectivity index (χ0) is 23.8. The van der Waals surface area contributed by atoms with E-state index in [-0.39, 0.29) is 36.2 Å². The Balaban J connectivity index is 1.25. The Labute approximate surface area is 200 Å². The first-order chi connectivity index (χ1) is 16.6. The predicted octanol–water partition coefficient (Wildman–Crippen LogP) is 4.72. The lowest BCUT2D eigenvalue weighted by Crippen LogP contribution is -2.45. The van der Waals surface area contributed by atoms with E-state index >= 15 is 0 Å². The SMILES string of the molecule is COc1ccc(CN2CCC(NC(=O)COC(c3ccccc3)c3ccccc3)CC2)cc1F. The molecule has 0 saturated carbocycles. The molecule has 0 aliphatic carbocycles. The number of methoxy groups -OCH3 is 1. The molecule has 1 N–H and O–H groups in total. The summed E-state index contributed by atoms with van der Waals surface area (Å²) in [6, 6.07) is 25.1.